The molecule has 0 spiro atoms. The molecule has 0 saturated heterocycles. The van der Waals surface area contributed by atoms with E-state index in [1.807, 2.05) is 0 Å². The van der Waals surface area contributed by atoms with E-state index in [4.69, 9.17) is 0 Å². The lowest BCUT2D eigenvalue weighted by Crippen LogP contribution is -2.46. The third-order valence-electron chi connectivity index (χ3n) is 1.35. The van der Waals surface area contributed by atoms with Gasteiger partial charge in [-0.3, -0.25) is 4.79 Å². The first kappa shape index (κ1) is 15.0. The molecule has 1 amide bonds. The molecule has 0 heterocycles. The Bertz CT molecular complexity index is 223. The fourth-order valence-corrected chi connectivity index (χ4v) is 0.626. The number of hydrogen-bond acceptors (Lipinski definition) is 2. The Morgan fingerprint density at radius 3 is 2.25 bits per heavy atom. The zero-order chi connectivity index (χ0) is 12.8. The Morgan fingerprint density at radius 2 is 1.81 bits per heavy atom. The van der Waals surface area contributed by atoms with E-state index in [1.54, 1.807) is 0 Å². The summed E-state index contributed by atoms with van der Waals surface area (Å²) in [6, 6.07) is 0. The minimum Gasteiger partial charge on any atom is -0.374 e. The van der Waals surface area contributed by atoms with Crippen LogP contribution in [0, 0.1) is 0 Å². The van der Waals surface area contributed by atoms with Crippen molar-refractivity contribution in [2.24, 2.45) is 0 Å². The molecule has 0 aromatic heterocycles. The average molecular weight is 253 g/mol. The van der Waals surface area contributed by atoms with Crippen LogP contribution >= 0.6 is 0 Å². The van der Waals surface area contributed by atoms with E-state index in [9.17, 15) is 31.1 Å². The van der Waals surface area contributed by atoms with Crippen molar-refractivity contribution < 1.29 is 35.9 Å². The van der Waals surface area contributed by atoms with Gasteiger partial charge in [0, 0.05) is 6.54 Å². The molecular formula is C7H9F6NO2. The van der Waals surface area contributed by atoms with Crippen molar-refractivity contribution >= 4 is 5.91 Å². The molecule has 0 aliphatic carbocycles. The molecule has 0 rings (SSSR count). The van der Waals surface area contributed by atoms with E-state index in [0.29, 0.717) is 0 Å². The normalized spacial score (nSPS) is 12.2. The zero-order valence-electron chi connectivity index (χ0n) is 7.86. The number of alkyl halides is 6. The summed E-state index contributed by atoms with van der Waals surface area (Å²) in [5.74, 6) is -6.95. The molecule has 9 heteroatoms. The smallest absolute Gasteiger partial charge is 0.374 e. The number of carbonyl (C=O) groups is 1. The molecule has 0 aliphatic rings. The van der Waals surface area contributed by atoms with Crippen molar-refractivity contribution in [3.05, 3.63) is 0 Å². The predicted octanol–water partition coefficient (Wildman–Crippen LogP) is 1.28. The quantitative estimate of drug-likeness (QED) is 0.548. The average Bonchev–Trinajstić information content (AvgIpc) is 2.16. The first-order valence-corrected chi connectivity index (χ1v) is 4.08. The summed E-state index contributed by atoms with van der Waals surface area (Å²) in [5, 5.41) is 1.44. The van der Waals surface area contributed by atoms with Crippen LogP contribution in [0.3, 0.4) is 0 Å². The van der Waals surface area contributed by atoms with Crippen molar-refractivity contribution in [3.63, 3.8) is 0 Å². The fraction of sp³-hybridized carbons (Fsp3) is 0.857. The molecule has 1 N–H and O–H groups in total. The van der Waals surface area contributed by atoms with Crippen LogP contribution in [-0.4, -0.2) is 44.4 Å². The second-order valence-corrected chi connectivity index (χ2v) is 2.65. The second kappa shape index (κ2) is 6.56. The van der Waals surface area contributed by atoms with Crippen LogP contribution in [0.25, 0.3) is 0 Å². The minimum atomic E-state index is -4.79. The number of hydrogen-bond donors (Lipinski definition) is 1. The van der Waals surface area contributed by atoms with Gasteiger partial charge in [-0.25, -0.2) is 17.6 Å². The van der Waals surface area contributed by atoms with E-state index in [-0.39, 0.29) is 0 Å². The van der Waals surface area contributed by atoms with Gasteiger partial charge in [0.2, 0.25) is 0 Å². The molecular weight excluding hydrogens is 244 g/mol. The molecule has 96 valence electrons. The van der Waals surface area contributed by atoms with Gasteiger partial charge in [-0.2, -0.15) is 8.78 Å². The number of amides is 1. The molecule has 0 radical (unpaired) electrons. The highest BCUT2D eigenvalue weighted by molar-refractivity contribution is 5.83. The third-order valence-corrected chi connectivity index (χ3v) is 1.35. The van der Waals surface area contributed by atoms with Gasteiger partial charge in [-0.1, -0.05) is 0 Å². The highest BCUT2D eigenvalue weighted by Gasteiger charge is 2.48. The van der Waals surface area contributed by atoms with Gasteiger partial charge in [0.05, 0.1) is 6.61 Å². The van der Waals surface area contributed by atoms with Gasteiger partial charge in [-0.05, 0) is 0 Å². The highest BCUT2D eigenvalue weighted by atomic mass is 19.3. The Labute approximate surface area is 86.7 Å². The maximum absolute atomic E-state index is 12.3. The summed E-state index contributed by atoms with van der Waals surface area (Å²) in [6.45, 7) is -1.93. The van der Waals surface area contributed by atoms with Crippen molar-refractivity contribution in [2.75, 3.05) is 19.8 Å². The standard InChI is InChI=1S/C7H9F6NO2/c8-4(9)3-16-2-1-14-6(15)7(12,13)5(10)11/h4-5H,1-3H2,(H,14,15). The summed E-state index contributed by atoms with van der Waals surface area (Å²) < 4.78 is 74.9. The lowest BCUT2D eigenvalue weighted by atomic mass is 10.3. The largest absolute Gasteiger partial charge is 0.383 e. The molecule has 0 fully saturated rings. The Morgan fingerprint density at radius 1 is 1.25 bits per heavy atom. The third kappa shape index (κ3) is 5.19. The van der Waals surface area contributed by atoms with Crippen molar-refractivity contribution in [1.29, 1.82) is 0 Å². The van der Waals surface area contributed by atoms with Crippen molar-refractivity contribution in [1.82, 2.24) is 5.32 Å². The summed E-state index contributed by atoms with van der Waals surface area (Å²) in [6.07, 6.45) is -6.84. The Balaban J connectivity index is 3.74. The topological polar surface area (TPSA) is 38.3 Å². The summed E-state index contributed by atoms with van der Waals surface area (Å²) in [5.41, 5.74) is 0. The van der Waals surface area contributed by atoms with Gasteiger partial charge in [0.25, 0.3) is 12.3 Å². The number of carbonyl (C=O) groups excluding carboxylic acids is 1. The SMILES string of the molecule is O=C(NCCOCC(F)F)C(F)(F)C(F)F. The maximum Gasteiger partial charge on any atom is 0.383 e. The van der Waals surface area contributed by atoms with Gasteiger partial charge in [0.1, 0.15) is 6.61 Å². The van der Waals surface area contributed by atoms with Crippen molar-refractivity contribution in [2.45, 2.75) is 18.8 Å². The first-order chi connectivity index (χ1) is 7.28. The van der Waals surface area contributed by atoms with E-state index < -0.39 is 44.4 Å². The molecule has 0 aliphatic heterocycles. The summed E-state index contributed by atoms with van der Waals surface area (Å²) >= 11 is 0. The van der Waals surface area contributed by atoms with Crippen LogP contribution in [0.5, 0.6) is 0 Å². The van der Waals surface area contributed by atoms with Crippen molar-refractivity contribution in [3.8, 4) is 0 Å². The summed E-state index contributed by atoms with van der Waals surface area (Å²) in [4.78, 5) is 10.5. The maximum atomic E-state index is 12.3. The second-order valence-electron chi connectivity index (χ2n) is 2.65. The molecule has 3 nitrogen and oxygen atoms in total. The van der Waals surface area contributed by atoms with Gasteiger partial charge in [-0.15, -0.1) is 0 Å². The van der Waals surface area contributed by atoms with Gasteiger partial charge < -0.3 is 10.1 Å². The number of nitrogens with one attached hydrogen (secondary N) is 1. The lowest BCUT2D eigenvalue weighted by molar-refractivity contribution is -0.169. The Kier molecular flexibility index (Phi) is 6.16. The van der Waals surface area contributed by atoms with Gasteiger partial charge >= 0.3 is 12.3 Å². The van der Waals surface area contributed by atoms with E-state index in [1.165, 1.54) is 5.32 Å². The molecule has 0 aromatic carbocycles. The van der Waals surface area contributed by atoms with E-state index in [0.717, 1.165) is 0 Å². The fourth-order valence-electron chi connectivity index (χ4n) is 0.626. The van der Waals surface area contributed by atoms with Crippen LogP contribution in [0.15, 0.2) is 0 Å². The van der Waals surface area contributed by atoms with Crippen LogP contribution in [0.2, 0.25) is 0 Å². The van der Waals surface area contributed by atoms with Crippen LogP contribution in [0.1, 0.15) is 0 Å². The lowest BCUT2D eigenvalue weighted by Gasteiger charge is -2.14. The molecule has 16 heavy (non-hydrogen) atoms. The zero-order valence-corrected chi connectivity index (χ0v) is 7.86. The monoisotopic (exact) mass is 253 g/mol. The minimum absolute atomic E-state index is 0.463. The Hall–Kier alpha value is -0.990. The van der Waals surface area contributed by atoms with Crippen LogP contribution < -0.4 is 5.32 Å². The number of rotatable bonds is 7. The van der Waals surface area contributed by atoms with Crippen LogP contribution in [0.4, 0.5) is 26.3 Å². The van der Waals surface area contributed by atoms with E-state index in [2.05, 4.69) is 4.74 Å². The summed E-state index contributed by atoms with van der Waals surface area (Å²) in [7, 11) is 0. The van der Waals surface area contributed by atoms with Crippen LogP contribution in [-0.2, 0) is 9.53 Å². The number of ether oxygens (including phenoxy) is 1. The predicted molar refractivity (Wildman–Crippen MR) is 40.8 cm³/mol. The molecule has 0 bridgehead atoms. The molecule has 0 atom stereocenters. The molecule has 0 unspecified atom stereocenters. The van der Waals surface area contributed by atoms with E-state index >= 15 is 0 Å². The molecule has 0 saturated carbocycles. The molecule has 0 aromatic rings. The first-order valence-electron chi connectivity index (χ1n) is 4.08. The number of halogens is 6. The highest BCUT2D eigenvalue weighted by Crippen LogP contribution is 2.22. The van der Waals surface area contributed by atoms with Gasteiger partial charge in [0.15, 0.2) is 0 Å².